The quantitative estimate of drug-likeness (QED) is 0.184. The van der Waals surface area contributed by atoms with E-state index in [-0.39, 0.29) is 5.41 Å². The van der Waals surface area contributed by atoms with Gasteiger partial charge in [0.1, 0.15) is 0 Å². The zero-order valence-electron chi connectivity index (χ0n) is 28.1. The number of hydrogen-bond acceptors (Lipinski definition) is 1. The Labute approximate surface area is 281 Å². The number of benzene rings is 5. The number of anilines is 3. The first-order chi connectivity index (χ1) is 23.0. The largest absolute Gasteiger partial charge is 0.310 e. The highest BCUT2D eigenvalue weighted by Gasteiger charge is 2.40. The highest BCUT2D eigenvalue weighted by atomic mass is 15.1. The molecule has 2 bridgehead atoms. The van der Waals surface area contributed by atoms with E-state index in [1.54, 1.807) is 5.56 Å². The molecule has 0 radical (unpaired) electrons. The maximum absolute atomic E-state index is 2.53. The molecule has 3 fully saturated rings. The lowest BCUT2D eigenvalue weighted by molar-refractivity contribution is 0.420. The first-order valence-electron chi connectivity index (χ1n) is 18.4. The van der Waals surface area contributed by atoms with Gasteiger partial charge in [0.2, 0.25) is 0 Å². The number of rotatable bonds is 6. The number of fused-ring (bicyclic) bond motifs is 5. The summed E-state index contributed by atoms with van der Waals surface area (Å²) in [5.41, 5.74) is 14.9. The second-order valence-corrected chi connectivity index (χ2v) is 15.6. The van der Waals surface area contributed by atoms with Crippen LogP contribution in [0, 0.1) is 11.8 Å². The van der Waals surface area contributed by atoms with Crippen LogP contribution in [-0.2, 0) is 5.41 Å². The van der Waals surface area contributed by atoms with Crippen LogP contribution in [-0.4, -0.2) is 0 Å². The molecule has 0 spiro atoms. The van der Waals surface area contributed by atoms with E-state index < -0.39 is 0 Å². The predicted molar refractivity (Wildman–Crippen MR) is 198 cm³/mol. The fourth-order valence-electron chi connectivity index (χ4n) is 10.0. The summed E-state index contributed by atoms with van der Waals surface area (Å²) in [7, 11) is 0. The Bertz CT molecular complexity index is 1910. The van der Waals surface area contributed by atoms with Gasteiger partial charge in [-0.25, -0.2) is 0 Å². The molecule has 3 atom stereocenters. The minimum Gasteiger partial charge on any atom is -0.310 e. The first kappa shape index (κ1) is 29.1. The number of nitrogens with zero attached hydrogens (tertiary/aromatic N) is 1. The Hall–Kier alpha value is -4.10. The second kappa shape index (κ2) is 11.6. The van der Waals surface area contributed by atoms with Crippen LogP contribution in [0.5, 0.6) is 0 Å². The smallest absolute Gasteiger partial charge is 0.0465 e. The molecule has 0 saturated heterocycles. The third-order valence-corrected chi connectivity index (χ3v) is 12.5. The molecule has 0 aromatic heterocycles. The van der Waals surface area contributed by atoms with E-state index in [1.807, 2.05) is 0 Å². The third kappa shape index (κ3) is 5.05. The Morgan fingerprint density at radius 2 is 1.32 bits per heavy atom. The average molecular weight is 614 g/mol. The maximum Gasteiger partial charge on any atom is 0.0465 e. The third-order valence-electron chi connectivity index (χ3n) is 12.5. The van der Waals surface area contributed by atoms with Crippen molar-refractivity contribution in [3.8, 4) is 22.3 Å². The molecule has 236 valence electrons. The average Bonchev–Trinajstić information content (AvgIpc) is 3.82. The summed E-state index contributed by atoms with van der Waals surface area (Å²) in [6, 6.07) is 44.4. The van der Waals surface area contributed by atoms with E-state index in [0.29, 0.717) is 5.92 Å². The molecule has 0 heterocycles. The van der Waals surface area contributed by atoms with E-state index in [1.165, 1.54) is 114 Å². The van der Waals surface area contributed by atoms with Crippen LogP contribution in [0.25, 0.3) is 22.3 Å². The normalized spacial score (nSPS) is 22.6. The van der Waals surface area contributed by atoms with Crippen molar-refractivity contribution in [2.45, 2.75) is 88.9 Å². The minimum absolute atomic E-state index is 0.0723. The molecule has 0 aliphatic heterocycles. The van der Waals surface area contributed by atoms with Crippen molar-refractivity contribution in [1.29, 1.82) is 0 Å². The Morgan fingerprint density at radius 1 is 0.532 bits per heavy atom. The highest BCUT2D eigenvalue weighted by Crippen LogP contribution is 2.54. The molecular weight excluding hydrogens is 567 g/mol. The Morgan fingerprint density at radius 3 is 2.09 bits per heavy atom. The van der Waals surface area contributed by atoms with Crippen molar-refractivity contribution in [2.24, 2.45) is 11.8 Å². The summed E-state index contributed by atoms with van der Waals surface area (Å²) in [5.74, 6) is 3.30. The molecule has 5 aromatic rings. The summed E-state index contributed by atoms with van der Waals surface area (Å²) in [6.45, 7) is 4.81. The molecule has 0 amide bonds. The van der Waals surface area contributed by atoms with Crippen molar-refractivity contribution in [1.82, 2.24) is 0 Å². The lowest BCUT2D eigenvalue weighted by atomic mass is 9.82. The van der Waals surface area contributed by atoms with Gasteiger partial charge in [0.25, 0.3) is 0 Å². The van der Waals surface area contributed by atoms with Gasteiger partial charge in [0, 0.05) is 22.5 Å². The fourth-order valence-corrected chi connectivity index (χ4v) is 10.0. The predicted octanol–water partition coefficient (Wildman–Crippen LogP) is 13.1. The summed E-state index contributed by atoms with van der Waals surface area (Å²) in [5, 5.41) is 0. The molecule has 4 aliphatic rings. The van der Waals surface area contributed by atoms with Crippen LogP contribution in [0.3, 0.4) is 0 Å². The van der Waals surface area contributed by atoms with E-state index >= 15 is 0 Å². The van der Waals surface area contributed by atoms with Crippen molar-refractivity contribution in [3.63, 3.8) is 0 Å². The molecule has 1 nitrogen and oxygen atoms in total. The van der Waals surface area contributed by atoms with Crippen molar-refractivity contribution in [2.75, 3.05) is 4.90 Å². The molecule has 1 heteroatoms. The monoisotopic (exact) mass is 613 g/mol. The highest BCUT2D eigenvalue weighted by molar-refractivity contribution is 5.87. The van der Waals surface area contributed by atoms with Gasteiger partial charge in [-0.2, -0.15) is 0 Å². The van der Waals surface area contributed by atoms with E-state index in [0.717, 1.165) is 17.8 Å². The number of hydrogen-bond donors (Lipinski definition) is 0. The standard InChI is InChI=1S/C46H47N/c1-46(2)44-25-20-36(33-12-7-4-8-13-33)29-43(44)41-24-23-40(30-45(41)46)47(39-15-9-14-35(28-39)32-10-5-3-6-11-32)38-21-18-34(19-22-38)42-27-31-16-17-37(42)26-31/h4,7-9,12-15,18-25,28-32,37,42H,3,5-6,10-11,16-17,26-27H2,1-2H3. The van der Waals surface area contributed by atoms with Crippen LogP contribution < -0.4 is 4.90 Å². The van der Waals surface area contributed by atoms with Crippen LogP contribution in [0.4, 0.5) is 17.1 Å². The van der Waals surface area contributed by atoms with Crippen LogP contribution in [0.2, 0.25) is 0 Å². The molecule has 47 heavy (non-hydrogen) atoms. The second-order valence-electron chi connectivity index (χ2n) is 15.6. The van der Waals surface area contributed by atoms with Gasteiger partial charge >= 0.3 is 0 Å². The van der Waals surface area contributed by atoms with Crippen molar-refractivity contribution < 1.29 is 0 Å². The molecule has 9 rings (SSSR count). The SMILES string of the molecule is CC1(C)c2ccc(-c3ccccc3)cc2-c2ccc(N(c3ccc(C4CC5CCC4C5)cc3)c3cccc(C4CCCCC4)c3)cc21. The zero-order chi connectivity index (χ0) is 31.5. The molecule has 5 aromatic carbocycles. The van der Waals surface area contributed by atoms with E-state index in [2.05, 4.69) is 134 Å². The van der Waals surface area contributed by atoms with Gasteiger partial charge in [-0.15, -0.1) is 0 Å². The lowest BCUT2D eigenvalue weighted by Gasteiger charge is -2.30. The Balaban J connectivity index is 1.13. The van der Waals surface area contributed by atoms with Gasteiger partial charge in [0.05, 0.1) is 0 Å². The van der Waals surface area contributed by atoms with Gasteiger partial charge < -0.3 is 4.90 Å². The van der Waals surface area contributed by atoms with Gasteiger partial charge in [-0.3, -0.25) is 0 Å². The molecule has 3 unspecified atom stereocenters. The van der Waals surface area contributed by atoms with Gasteiger partial charge in [-0.05, 0) is 143 Å². The molecule has 3 saturated carbocycles. The summed E-state index contributed by atoms with van der Waals surface area (Å²) in [6.07, 6.45) is 12.5. The first-order valence-corrected chi connectivity index (χ1v) is 18.4. The van der Waals surface area contributed by atoms with E-state index in [4.69, 9.17) is 0 Å². The Kier molecular flexibility index (Phi) is 7.14. The van der Waals surface area contributed by atoms with E-state index in [9.17, 15) is 0 Å². The molecule has 0 N–H and O–H groups in total. The molecular formula is C46H47N. The van der Waals surface area contributed by atoms with Crippen LogP contribution in [0.15, 0.2) is 115 Å². The summed E-state index contributed by atoms with van der Waals surface area (Å²) in [4.78, 5) is 2.53. The van der Waals surface area contributed by atoms with Crippen LogP contribution >= 0.6 is 0 Å². The van der Waals surface area contributed by atoms with Gasteiger partial charge in [0.15, 0.2) is 0 Å². The summed E-state index contributed by atoms with van der Waals surface area (Å²) >= 11 is 0. The lowest BCUT2D eigenvalue weighted by Crippen LogP contribution is -2.17. The zero-order valence-corrected chi connectivity index (χ0v) is 28.1. The van der Waals surface area contributed by atoms with Crippen molar-refractivity contribution >= 4 is 17.1 Å². The fraction of sp³-hybridized carbons (Fsp3) is 0.348. The maximum atomic E-state index is 2.53. The van der Waals surface area contributed by atoms with Gasteiger partial charge in [-0.1, -0.05) is 112 Å². The molecule has 4 aliphatic carbocycles. The topological polar surface area (TPSA) is 3.24 Å². The van der Waals surface area contributed by atoms with Crippen LogP contribution in [0.1, 0.15) is 106 Å². The minimum atomic E-state index is -0.0723. The van der Waals surface area contributed by atoms with Crippen molar-refractivity contribution in [3.05, 3.63) is 138 Å². The summed E-state index contributed by atoms with van der Waals surface area (Å²) < 4.78 is 0.